The third-order valence-electron chi connectivity index (χ3n) is 3.09. The predicted octanol–water partition coefficient (Wildman–Crippen LogP) is 2.98. The fourth-order valence-electron chi connectivity index (χ4n) is 2.07. The molecule has 0 aliphatic heterocycles. The van der Waals surface area contributed by atoms with Crippen molar-refractivity contribution >= 4 is 23.2 Å². The van der Waals surface area contributed by atoms with Gasteiger partial charge in [0.2, 0.25) is 5.91 Å². The van der Waals surface area contributed by atoms with Crippen molar-refractivity contribution in [1.82, 2.24) is 9.55 Å². The third kappa shape index (κ3) is 4.31. The number of anilines is 1. The van der Waals surface area contributed by atoms with Crippen molar-refractivity contribution in [3.63, 3.8) is 0 Å². The van der Waals surface area contributed by atoms with Gasteiger partial charge in [0.25, 0.3) is 0 Å². The van der Waals surface area contributed by atoms with Gasteiger partial charge in [-0.2, -0.15) is 0 Å². The van der Waals surface area contributed by atoms with E-state index in [2.05, 4.69) is 10.3 Å². The molecule has 0 aliphatic carbocycles. The van der Waals surface area contributed by atoms with E-state index in [9.17, 15) is 4.79 Å². The summed E-state index contributed by atoms with van der Waals surface area (Å²) in [6, 6.07) is 5.53. The Morgan fingerprint density at radius 3 is 3.00 bits per heavy atom. The molecule has 0 bridgehead atoms. The molecule has 1 amide bonds. The molecule has 1 aromatic carbocycles. The van der Waals surface area contributed by atoms with Gasteiger partial charge in [-0.05, 0) is 31.9 Å². The number of carbonyl (C=O) groups is 1. The summed E-state index contributed by atoms with van der Waals surface area (Å²) in [6.45, 7) is 1.94. The summed E-state index contributed by atoms with van der Waals surface area (Å²) in [5.74, 6) is -0.0423. The van der Waals surface area contributed by atoms with Crippen LogP contribution in [0.15, 0.2) is 36.9 Å². The average Bonchev–Trinajstić information content (AvgIpc) is 2.92. The Bertz CT molecular complexity index is 596. The number of carbonyl (C=O) groups excluding carboxylic acids is 1. The zero-order valence-electron chi connectivity index (χ0n) is 11.9. The molecule has 1 heterocycles. The van der Waals surface area contributed by atoms with Crippen LogP contribution in [0.2, 0.25) is 5.02 Å². The van der Waals surface area contributed by atoms with E-state index in [0.29, 0.717) is 17.1 Å². The van der Waals surface area contributed by atoms with Crippen LogP contribution in [-0.4, -0.2) is 21.5 Å². The quantitative estimate of drug-likeness (QED) is 0.861. The first kappa shape index (κ1) is 15.5. The number of hydrogen-bond donors (Lipinski definition) is 2. The maximum absolute atomic E-state index is 12.0. The molecule has 0 aliphatic rings. The van der Waals surface area contributed by atoms with Crippen LogP contribution in [0, 0.1) is 0 Å². The number of halogens is 1. The number of benzene rings is 1. The standard InChI is InChI=1S/C15H19ClN4O/c1-11(17)4-2-7-14(21)19-13-6-3-5-12(16)15(13)20-9-8-18-10-20/h3,5-6,8-11H,2,4,7,17H2,1H3,(H,19,21). The summed E-state index contributed by atoms with van der Waals surface area (Å²) in [5.41, 5.74) is 7.07. The van der Waals surface area contributed by atoms with Crippen molar-refractivity contribution in [3.05, 3.63) is 41.9 Å². The van der Waals surface area contributed by atoms with Crippen LogP contribution in [-0.2, 0) is 4.79 Å². The highest BCUT2D eigenvalue weighted by Crippen LogP contribution is 2.28. The predicted molar refractivity (Wildman–Crippen MR) is 84.7 cm³/mol. The zero-order chi connectivity index (χ0) is 15.2. The second kappa shape index (κ2) is 7.24. The summed E-state index contributed by atoms with van der Waals surface area (Å²) in [7, 11) is 0. The molecule has 112 valence electrons. The normalized spacial score (nSPS) is 12.1. The van der Waals surface area contributed by atoms with Gasteiger partial charge in [0.1, 0.15) is 0 Å². The number of aromatic nitrogens is 2. The molecule has 0 saturated carbocycles. The van der Waals surface area contributed by atoms with Crippen molar-refractivity contribution in [1.29, 1.82) is 0 Å². The molecule has 2 rings (SSSR count). The molecule has 3 N–H and O–H groups in total. The number of rotatable bonds is 6. The van der Waals surface area contributed by atoms with E-state index in [1.165, 1.54) is 0 Å². The molecule has 0 radical (unpaired) electrons. The molecule has 5 nitrogen and oxygen atoms in total. The molecular formula is C15H19ClN4O. The highest BCUT2D eigenvalue weighted by molar-refractivity contribution is 6.33. The lowest BCUT2D eigenvalue weighted by Crippen LogP contribution is -2.17. The summed E-state index contributed by atoms with van der Waals surface area (Å²) >= 11 is 6.23. The zero-order valence-corrected chi connectivity index (χ0v) is 12.7. The Kier molecular flexibility index (Phi) is 5.36. The first-order valence-corrected chi connectivity index (χ1v) is 7.28. The van der Waals surface area contributed by atoms with Crippen molar-refractivity contribution in [2.75, 3.05) is 5.32 Å². The third-order valence-corrected chi connectivity index (χ3v) is 3.39. The van der Waals surface area contributed by atoms with Crippen LogP contribution < -0.4 is 11.1 Å². The Morgan fingerprint density at radius 1 is 1.52 bits per heavy atom. The topological polar surface area (TPSA) is 72.9 Å². The molecule has 6 heteroatoms. The van der Waals surface area contributed by atoms with Gasteiger partial charge >= 0.3 is 0 Å². The van der Waals surface area contributed by atoms with Gasteiger partial charge in [-0.15, -0.1) is 0 Å². The van der Waals surface area contributed by atoms with E-state index >= 15 is 0 Å². The molecule has 21 heavy (non-hydrogen) atoms. The smallest absolute Gasteiger partial charge is 0.224 e. The van der Waals surface area contributed by atoms with Gasteiger partial charge in [-0.1, -0.05) is 17.7 Å². The van der Waals surface area contributed by atoms with Gasteiger partial charge in [0, 0.05) is 24.9 Å². The first-order chi connectivity index (χ1) is 10.1. The molecule has 0 spiro atoms. The summed E-state index contributed by atoms with van der Waals surface area (Å²) in [4.78, 5) is 16.0. The molecule has 1 atom stereocenters. The molecule has 0 fully saturated rings. The van der Waals surface area contributed by atoms with E-state index in [1.54, 1.807) is 35.4 Å². The van der Waals surface area contributed by atoms with Crippen molar-refractivity contribution in [3.8, 4) is 5.69 Å². The molecule has 1 unspecified atom stereocenters. The molecule has 0 saturated heterocycles. The number of imidazole rings is 1. The average molecular weight is 307 g/mol. The van der Waals surface area contributed by atoms with E-state index in [0.717, 1.165) is 18.5 Å². The van der Waals surface area contributed by atoms with Gasteiger partial charge in [0.05, 0.1) is 22.7 Å². The minimum absolute atomic E-state index is 0.0423. The maximum atomic E-state index is 12.0. The lowest BCUT2D eigenvalue weighted by Gasteiger charge is -2.13. The number of amides is 1. The monoisotopic (exact) mass is 306 g/mol. The lowest BCUT2D eigenvalue weighted by atomic mass is 10.1. The Labute approximate surface area is 129 Å². The second-order valence-corrected chi connectivity index (χ2v) is 5.43. The van der Waals surface area contributed by atoms with E-state index in [1.807, 2.05) is 13.0 Å². The number of nitrogens with one attached hydrogen (secondary N) is 1. The van der Waals surface area contributed by atoms with E-state index in [-0.39, 0.29) is 11.9 Å². The number of para-hydroxylation sites is 1. The highest BCUT2D eigenvalue weighted by Gasteiger charge is 2.11. The van der Waals surface area contributed by atoms with Gasteiger partial charge in [-0.25, -0.2) is 4.98 Å². The first-order valence-electron chi connectivity index (χ1n) is 6.90. The van der Waals surface area contributed by atoms with Gasteiger partial charge in [-0.3, -0.25) is 4.79 Å². The molecular weight excluding hydrogens is 288 g/mol. The summed E-state index contributed by atoms with van der Waals surface area (Å²) in [5, 5.41) is 3.46. The molecule has 1 aromatic heterocycles. The van der Waals surface area contributed by atoms with Crippen LogP contribution >= 0.6 is 11.6 Å². The fourth-order valence-corrected chi connectivity index (χ4v) is 2.34. The Hall–Kier alpha value is -1.85. The minimum Gasteiger partial charge on any atom is -0.328 e. The van der Waals surface area contributed by atoms with Crippen LogP contribution in [0.3, 0.4) is 0 Å². The van der Waals surface area contributed by atoms with Crippen molar-refractivity contribution in [2.45, 2.75) is 32.2 Å². The lowest BCUT2D eigenvalue weighted by molar-refractivity contribution is -0.116. The summed E-state index contributed by atoms with van der Waals surface area (Å²) in [6.07, 6.45) is 7.14. The Balaban J connectivity index is 2.10. The van der Waals surface area contributed by atoms with E-state index < -0.39 is 0 Å². The van der Waals surface area contributed by atoms with Crippen molar-refractivity contribution < 1.29 is 4.79 Å². The largest absolute Gasteiger partial charge is 0.328 e. The SMILES string of the molecule is CC(N)CCCC(=O)Nc1cccc(Cl)c1-n1ccnc1. The highest BCUT2D eigenvalue weighted by atomic mass is 35.5. The fraction of sp³-hybridized carbons (Fsp3) is 0.333. The Morgan fingerprint density at radius 2 is 2.33 bits per heavy atom. The number of hydrogen-bond acceptors (Lipinski definition) is 3. The van der Waals surface area contributed by atoms with E-state index in [4.69, 9.17) is 17.3 Å². The summed E-state index contributed by atoms with van der Waals surface area (Å²) < 4.78 is 1.78. The van der Waals surface area contributed by atoms with Crippen LogP contribution in [0.25, 0.3) is 5.69 Å². The minimum atomic E-state index is -0.0423. The van der Waals surface area contributed by atoms with Crippen molar-refractivity contribution in [2.24, 2.45) is 5.73 Å². The number of nitrogens with zero attached hydrogens (tertiary/aromatic N) is 2. The van der Waals surface area contributed by atoms with Gasteiger partial charge in [0.15, 0.2) is 0 Å². The molecule has 2 aromatic rings. The second-order valence-electron chi connectivity index (χ2n) is 5.02. The van der Waals surface area contributed by atoms with Gasteiger partial charge < -0.3 is 15.6 Å². The maximum Gasteiger partial charge on any atom is 0.224 e. The van der Waals surface area contributed by atoms with Crippen LogP contribution in [0.4, 0.5) is 5.69 Å². The van der Waals surface area contributed by atoms with Crippen LogP contribution in [0.1, 0.15) is 26.2 Å². The van der Waals surface area contributed by atoms with Crippen LogP contribution in [0.5, 0.6) is 0 Å². The number of nitrogens with two attached hydrogens (primary N) is 1.